The lowest BCUT2D eigenvalue weighted by molar-refractivity contribution is -0.147. The van der Waals surface area contributed by atoms with Gasteiger partial charge in [-0.05, 0) is 6.92 Å². The van der Waals surface area contributed by atoms with Gasteiger partial charge in [0.25, 0.3) is 0 Å². The Balaban J connectivity index is 4.46. The second-order valence-electron chi connectivity index (χ2n) is 3.01. The third-order valence-corrected chi connectivity index (χ3v) is 1.88. The lowest BCUT2D eigenvalue weighted by Crippen LogP contribution is -2.50. The van der Waals surface area contributed by atoms with Crippen molar-refractivity contribution in [2.24, 2.45) is 0 Å². The van der Waals surface area contributed by atoms with Gasteiger partial charge < -0.3 is 20.4 Å². The minimum atomic E-state index is -1.16. The Kier molecular flexibility index (Phi) is 6.39. The van der Waals surface area contributed by atoms with Crippen LogP contribution in [0.5, 0.6) is 0 Å². The zero-order valence-electron chi connectivity index (χ0n) is 8.13. The fourth-order valence-electron chi connectivity index (χ4n) is 1.31. The number of carboxylic acids is 1. The summed E-state index contributed by atoms with van der Waals surface area (Å²) in [6.07, 6.45) is -1.05. The SMILES string of the molecule is CC(O)C(C(=O)O)N(CCO)CCO. The maximum absolute atomic E-state index is 10.8. The summed E-state index contributed by atoms with van der Waals surface area (Å²) in [7, 11) is 0. The number of hydrogen-bond donors (Lipinski definition) is 4. The molecule has 0 fully saturated rings. The molecule has 0 aromatic heterocycles. The van der Waals surface area contributed by atoms with E-state index < -0.39 is 18.1 Å². The number of aliphatic hydroxyl groups excluding tert-OH is 3. The van der Waals surface area contributed by atoms with Crippen LogP contribution in [0.1, 0.15) is 6.92 Å². The maximum Gasteiger partial charge on any atom is 0.323 e. The van der Waals surface area contributed by atoms with Crippen molar-refractivity contribution >= 4 is 5.97 Å². The van der Waals surface area contributed by atoms with E-state index in [1.54, 1.807) is 0 Å². The van der Waals surface area contributed by atoms with Crippen molar-refractivity contribution in [3.05, 3.63) is 0 Å². The van der Waals surface area contributed by atoms with Crippen molar-refractivity contribution in [2.75, 3.05) is 26.3 Å². The minimum Gasteiger partial charge on any atom is -0.480 e. The maximum atomic E-state index is 10.8. The molecule has 0 heterocycles. The number of rotatable bonds is 7. The first-order valence-electron chi connectivity index (χ1n) is 4.41. The van der Waals surface area contributed by atoms with Crippen molar-refractivity contribution in [1.82, 2.24) is 4.90 Å². The zero-order chi connectivity index (χ0) is 11.1. The van der Waals surface area contributed by atoms with Crippen LogP contribution < -0.4 is 0 Å². The van der Waals surface area contributed by atoms with Gasteiger partial charge in [-0.3, -0.25) is 9.69 Å². The molecule has 84 valence electrons. The quantitative estimate of drug-likeness (QED) is 0.389. The van der Waals surface area contributed by atoms with E-state index >= 15 is 0 Å². The largest absolute Gasteiger partial charge is 0.480 e. The number of aliphatic carboxylic acids is 1. The number of carbonyl (C=O) groups is 1. The summed E-state index contributed by atoms with van der Waals surface area (Å²) in [5.41, 5.74) is 0. The molecule has 0 radical (unpaired) electrons. The first-order chi connectivity index (χ1) is 6.54. The predicted molar refractivity (Wildman–Crippen MR) is 48.8 cm³/mol. The lowest BCUT2D eigenvalue weighted by Gasteiger charge is -2.29. The van der Waals surface area contributed by atoms with Gasteiger partial charge in [0, 0.05) is 13.1 Å². The normalized spacial score (nSPS) is 15.5. The van der Waals surface area contributed by atoms with Crippen molar-refractivity contribution in [1.29, 1.82) is 0 Å². The molecule has 0 aliphatic carbocycles. The molecule has 0 aliphatic heterocycles. The van der Waals surface area contributed by atoms with Crippen LogP contribution in [0, 0.1) is 0 Å². The molecule has 14 heavy (non-hydrogen) atoms. The Labute approximate surface area is 82.4 Å². The fourth-order valence-corrected chi connectivity index (χ4v) is 1.31. The third kappa shape index (κ3) is 4.01. The number of carboxylic acid groups (broad SMARTS) is 1. The van der Waals surface area contributed by atoms with E-state index in [1.165, 1.54) is 11.8 Å². The Hall–Kier alpha value is -0.690. The smallest absolute Gasteiger partial charge is 0.323 e. The van der Waals surface area contributed by atoms with E-state index in [4.69, 9.17) is 15.3 Å². The second kappa shape index (κ2) is 6.72. The molecule has 2 atom stereocenters. The van der Waals surface area contributed by atoms with E-state index in [0.29, 0.717) is 0 Å². The molecule has 0 spiro atoms. The molecular formula is C8H17NO5. The summed E-state index contributed by atoms with van der Waals surface area (Å²) in [6.45, 7) is 1.17. The van der Waals surface area contributed by atoms with Gasteiger partial charge in [0.1, 0.15) is 6.04 Å². The van der Waals surface area contributed by atoms with Crippen LogP contribution in [-0.4, -0.2) is 69.7 Å². The van der Waals surface area contributed by atoms with Crippen molar-refractivity contribution < 1.29 is 25.2 Å². The van der Waals surface area contributed by atoms with Gasteiger partial charge in [-0.15, -0.1) is 0 Å². The molecule has 6 nitrogen and oxygen atoms in total. The van der Waals surface area contributed by atoms with Crippen LogP contribution in [0.4, 0.5) is 0 Å². The monoisotopic (exact) mass is 207 g/mol. The van der Waals surface area contributed by atoms with Crippen molar-refractivity contribution in [3.63, 3.8) is 0 Å². The van der Waals surface area contributed by atoms with Crippen LogP contribution in [0.2, 0.25) is 0 Å². The van der Waals surface area contributed by atoms with Gasteiger partial charge in [0.2, 0.25) is 0 Å². The molecular weight excluding hydrogens is 190 g/mol. The summed E-state index contributed by atoms with van der Waals surface area (Å²) >= 11 is 0. The number of aliphatic hydroxyl groups is 3. The molecule has 0 aromatic rings. The highest BCUT2D eigenvalue weighted by Gasteiger charge is 2.29. The molecule has 0 amide bonds. The van der Waals surface area contributed by atoms with Gasteiger partial charge in [0.05, 0.1) is 19.3 Å². The highest BCUT2D eigenvalue weighted by Crippen LogP contribution is 2.04. The first-order valence-corrected chi connectivity index (χ1v) is 4.41. The van der Waals surface area contributed by atoms with E-state index in [2.05, 4.69) is 0 Å². The molecule has 2 unspecified atom stereocenters. The fraction of sp³-hybridized carbons (Fsp3) is 0.875. The molecule has 0 saturated carbocycles. The number of hydrogen-bond acceptors (Lipinski definition) is 5. The summed E-state index contributed by atoms with van der Waals surface area (Å²) < 4.78 is 0. The topological polar surface area (TPSA) is 101 Å². The van der Waals surface area contributed by atoms with Gasteiger partial charge in [0.15, 0.2) is 0 Å². The molecule has 6 heteroatoms. The van der Waals surface area contributed by atoms with Crippen molar-refractivity contribution in [2.45, 2.75) is 19.1 Å². The zero-order valence-corrected chi connectivity index (χ0v) is 8.13. The van der Waals surface area contributed by atoms with Crippen LogP contribution in [0.25, 0.3) is 0 Å². The lowest BCUT2D eigenvalue weighted by atomic mass is 10.1. The van der Waals surface area contributed by atoms with E-state index in [9.17, 15) is 9.90 Å². The van der Waals surface area contributed by atoms with Gasteiger partial charge in [-0.1, -0.05) is 0 Å². The Morgan fingerprint density at radius 3 is 1.93 bits per heavy atom. The minimum absolute atomic E-state index is 0.114. The molecule has 0 rings (SSSR count). The average Bonchev–Trinajstić information content (AvgIpc) is 2.03. The Morgan fingerprint density at radius 1 is 1.29 bits per heavy atom. The predicted octanol–water partition coefficient (Wildman–Crippen LogP) is -1.89. The van der Waals surface area contributed by atoms with Gasteiger partial charge in [-0.2, -0.15) is 0 Å². The van der Waals surface area contributed by atoms with E-state index in [0.717, 1.165) is 0 Å². The molecule has 0 bridgehead atoms. The summed E-state index contributed by atoms with van der Waals surface area (Å²) in [6, 6.07) is -1.09. The Morgan fingerprint density at radius 2 is 1.71 bits per heavy atom. The molecule has 4 N–H and O–H groups in total. The van der Waals surface area contributed by atoms with Crippen molar-refractivity contribution in [3.8, 4) is 0 Å². The van der Waals surface area contributed by atoms with E-state index in [-0.39, 0.29) is 26.3 Å². The highest BCUT2D eigenvalue weighted by atomic mass is 16.4. The Bertz CT molecular complexity index is 167. The molecule has 0 aliphatic rings. The third-order valence-electron chi connectivity index (χ3n) is 1.88. The molecule has 0 aromatic carbocycles. The standard InChI is InChI=1S/C8H17NO5/c1-6(12)7(8(13)14)9(2-4-10)3-5-11/h6-7,10-12H,2-5H2,1H3,(H,13,14). The number of nitrogens with zero attached hydrogens (tertiary/aromatic N) is 1. The summed E-state index contributed by atoms with van der Waals surface area (Å²) in [4.78, 5) is 12.1. The first kappa shape index (κ1) is 13.3. The molecule has 0 saturated heterocycles. The van der Waals surface area contributed by atoms with Crippen LogP contribution in [0.3, 0.4) is 0 Å². The van der Waals surface area contributed by atoms with Gasteiger partial charge in [-0.25, -0.2) is 0 Å². The highest BCUT2D eigenvalue weighted by molar-refractivity contribution is 5.74. The summed E-state index contributed by atoms with van der Waals surface area (Å²) in [5, 5.41) is 35.4. The van der Waals surface area contributed by atoms with Crippen LogP contribution >= 0.6 is 0 Å². The second-order valence-corrected chi connectivity index (χ2v) is 3.01. The van der Waals surface area contributed by atoms with Crippen LogP contribution in [-0.2, 0) is 4.79 Å². The van der Waals surface area contributed by atoms with Crippen LogP contribution in [0.15, 0.2) is 0 Å². The van der Waals surface area contributed by atoms with Gasteiger partial charge >= 0.3 is 5.97 Å². The summed E-state index contributed by atoms with van der Waals surface area (Å²) in [5.74, 6) is -1.16. The van der Waals surface area contributed by atoms with E-state index in [1.807, 2.05) is 0 Å². The average molecular weight is 207 g/mol.